The van der Waals surface area contributed by atoms with Gasteiger partial charge in [0.1, 0.15) is 9.03 Å². The fourth-order valence-electron chi connectivity index (χ4n) is 2.39. The Bertz CT molecular complexity index is 586. The van der Waals surface area contributed by atoms with E-state index in [1.54, 1.807) is 0 Å². The molecule has 0 unspecified atom stereocenters. The number of hydrogen-bond donors (Lipinski definition) is 2. The van der Waals surface area contributed by atoms with Crippen molar-refractivity contribution in [3.63, 3.8) is 0 Å². The molecule has 0 amide bonds. The van der Waals surface area contributed by atoms with E-state index in [0.717, 1.165) is 22.3 Å². The van der Waals surface area contributed by atoms with Crippen molar-refractivity contribution < 1.29 is 33.4 Å². The summed E-state index contributed by atoms with van der Waals surface area (Å²) < 4.78 is 0. The summed E-state index contributed by atoms with van der Waals surface area (Å²) in [5.41, 5.74) is 6.20. The second-order valence-corrected chi connectivity index (χ2v) is 4.65. The standard InChI is InChI=1S/C16H15O.Li.H3O2P/c1-11-9-12(2)16(13(3)15(11)10-17)14-7-5-4-6-8-14;;1-3-2/h4-9H,1-3H3;;1-3H/q-1;+1;. The number of hydrogen-bond acceptors (Lipinski definition) is 3. The van der Waals surface area contributed by atoms with Crippen molar-refractivity contribution in [1.29, 1.82) is 0 Å². The molecule has 3 nitrogen and oxygen atoms in total. The summed E-state index contributed by atoms with van der Waals surface area (Å²) in [5, 5.41) is 0. The van der Waals surface area contributed by atoms with Gasteiger partial charge in [-0.3, -0.25) is 0 Å². The predicted octanol–water partition coefficient (Wildman–Crippen LogP) is 0.220. The Kier molecular flexibility index (Phi) is 9.45. The Hall–Kier alpha value is -0.943. The van der Waals surface area contributed by atoms with Crippen LogP contribution < -0.4 is 18.9 Å². The molecule has 0 spiro atoms. The third kappa shape index (κ3) is 5.07. The third-order valence-corrected chi connectivity index (χ3v) is 3.14. The molecule has 106 valence electrons. The molecule has 0 radical (unpaired) electrons. The second-order valence-electron chi connectivity index (χ2n) is 4.45. The first-order valence-corrected chi connectivity index (χ1v) is 7.03. The number of aryl methyl sites for hydroxylation is 2. The van der Waals surface area contributed by atoms with Crippen LogP contribution in [0.5, 0.6) is 0 Å². The Morgan fingerprint density at radius 3 is 2.00 bits per heavy atom. The van der Waals surface area contributed by atoms with E-state index in [1.165, 1.54) is 5.56 Å². The molecule has 2 aromatic carbocycles. The van der Waals surface area contributed by atoms with E-state index in [2.05, 4.69) is 31.4 Å². The molecule has 0 saturated carbocycles. The van der Waals surface area contributed by atoms with Crippen molar-refractivity contribution in [2.75, 3.05) is 0 Å². The van der Waals surface area contributed by atoms with E-state index in [0.29, 0.717) is 5.56 Å². The zero-order valence-corrected chi connectivity index (χ0v) is 13.8. The van der Waals surface area contributed by atoms with E-state index in [1.807, 2.05) is 32.0 Å². The zero-order chi connectivity index (χ0) is 15.1. The maximum absolute atomic E-state index is 11.0. The molecule has 0 heterocycles. The summed E-state index contributed by atoms with van der Waals surface area (Å²) in [4.78, 5) is 25.3. The third-order valence-electron chi connectivity index (χ3n) is 3.14. The van der Waals surface area contributed by atoms with Gasteiger partial charge in [-0.05, 0) is 12.5 Å². The molecule has 0 aliphatic carbocycles. The maximum atomic E-state index is 11.0. The van der Waals surface area contributed by atoms with Gasteiger partial charge in [-0.25, -0.2) is 0 Å². The molecule has 21 heavy (non-hydrogen) atoms. The quantitative estimate of drug-likeness (QED) is 0.473. The molecule has 0 saturated heterocycles. The minimum absolute atomic E-state index is 0. The van der Waals surface area contributed by atoms with Gasteiger partial charge in [0.25, 0.3) is 0 Å². The minimum atomic E-state index is -0.917. The van der Waals surface area contributed by atoms with Crippen molar-refractivity contribution in [3.05, 3.63) is 58.7 Å². The van der Waals surface area contributed by atoms with E-state index >= 15 is 0 Å². The molecule has 5 heteroatoms. The summed E-state index contributed by atoms with van der Waals surface area (Å²) in [6.45, 7) is 6.02. The molecular weight excluding hydrogens is 278 g/mol. The first kappa shape index (κ1) is 20.1. The van der Waals surface area contributed by atoms with E-state index in [4.69, 9.17) is 9.79 Å². The van der Waals surface area contributed by atoms with Crippen LogP contribution >= 0.6 is 9.03 Å². The smallest absolute Gasteiger partial charge is 0.376 e. The van der Waals surface area contributed by atoms with Gasteiger partial charge in [0.2, 0.25) is 0 Å². The molecule has 0 bridgehead atoms. The molecule has 0 fully saturated rings. The van der Waals surface area contributed by atoms with Gasteiger partial charge >= 0.3 is 18.9 Å². The topological polar surface area (TPSA) is 57.5 Å². The Labute approximate surface area is 139 Å². The molecule has 0 aliphatic heterocycles. The van der Waals surface area contributed by atoms with Gasteiger partial charge in [0.15, 0.2) is 0 Å². The summed E-state index contributed by atoms with van der Waals surface area (Å²) in [6, 6.07) is 12.2. The van der Waals surface area contributed by atoms with Gasteiger partial charge in [-0.15, -0.1) is 22.8 Å². The Balaban J connectivity index is 0.000000922. The maximum Gasteiger partial charge on any atom is 1.00 e. The van der Waals surface area contributed by atoms with Gasteiger partial charge in [0, 0.05) is 0 Å². The predicted molar refractivity (Wildman–Crippen MR) is 83.6 cm³/mol. The first-order valence-electron chi connectivity index (χ1n) is 6.14. The van der Waals surface area contributed by atoms with E-state index < -0.39 is 9.03 Å². The van der Waals surface area contributed by atoms with E-state index in [-0.39, 0.29) is 18.9 Å². The van der Waals surface area contributed by atoms with E-state index in [9.17, 15) is 4.79 Å². The van der Waals surface area contributed by atoms with Crippen LogP contribution in [0.1, 0.15) is 22.3 Å². The molecular formula is C16H18LiO3P. The number of benzene rings is 2. The summed E-state index contributed by atoms with van der Waals surface area (Å²) >= 11 is 0. The zero-order valence-electron chi connectivity index (χ0n) is 12.8. The molecule has 2 N–H and O–H groups in total. The van der Waals surface area contributed by atoms with Crippen LogP contribution in [0.15, 0.2) is 36.4 Å². The Morgan fingerprint density at radius 1 is 1.00 bits per heavy atom. The normalized spacial score (nSPS) is 9.19. The summed E-state index contributed by atoms with van der Waals surface area (Å²) in [7, 11) is -0.917. The SMILES string of the molecule is Cc1cc(C)c(-c2ccccc2)c(C)c1[C-]=O.OPO.[Li+]. The molecule has 0 aromatic heterocycles. The fourth-order valence-corrected chi connectivity index (χ4v) is 2.39. The van der Waals surface area contributed by atoms with Crippen LogP contribution in [0.3, 0.4) is 0 Å². The molecule has 0 aliphatic rings. The molecule has 2 aromatic rings. The minimum Gasteiger partial charge on any atom is -0.376 e. The fraction of sp³-hybridized carbons (Fsp3) is 0.188. The van der Waals surface area contributed by atoms with Crippen LogP contribution in [0.4, 0.5) is 0 Å². The van der Waals surface area contributed by atoms with Crippen LogP contribution in [0.25, 0.3) is 11.1 Å². The molecule has 2 rings (SSSR count). The average molecular weight is 296 g/mol. The summed E-state index contributed by atoms with van der Waals surface area (Å²) in [6.07, 6.45) is 2.05. The van der Waals surface area contributed by atoms with Crippen LogP contribution in [-0.2, 0) is 4.79 Å². The largest absolute Gasteiger partial charge is 1.00 e. The van der Waals surface area contributed by atoms with Crippen molar-refractivity contribution in [1.82, 2.24) is 0 Å². The summed E-state index contributed by atoms with van der Waals surface area (Å²) in [5.74, 6) is 0. The number of carbonyl (C=O) groups excluding carboxylic acids is 1. The van der Waals surface area contributed by atoms with Crippen molar-refractivity contribution >= 4 is 15.3 Å². The van der Waals surface area contributed by atoms with Gasteiger partial charge < -0.3 is 14.6 Å². The number of rotatable bonds is 2. The van der Waals surface area contributed by atoms with Crippen LogP contribution in [0, 0.1) is 20.8 Å². The second kappa shape index (κ2) is 9.90. The van der Waals surface area contributed by atoms with Crippen LogP contribution in [-0.4, -0.2) is 16.1 Å². The van der Waals surface area contributed by atoms with Crippen molar-refractivity contribution in [2.24, 2.45) is 0 Å². The monoisotopic (exact) mass is 296 g/mol. The average Bonchev–Trinajstić information content (AvgIpc) is 2.40. The van der Waals surface area contributed by atoms with Crippen molar-refractivity contribution in [3.8, 4) is 11.1 Å². The van der Waals surface area contributed by atoms with Gasteiger partial charge in [-0.2, -0.15) is 0 Å². The Morgan fingerprint density at radius 2 is 1.52 bits per heavy atom. The molecule has 0 atom stereocenters. The first-order chi connectivity index (χ1) is 9.56. The van der Waals surface area contributed by atoms with Gasteiger partial charge in [0.05, 0.1) is 6.29 Å². The van der Waals surface area contributed by atoms with Gasteiger partial charge in [-0.1, -0.05) is 55.3 Å². The van der Waals surface area contributed by atoms with Crippen molar-refractivity contribution in [2.45, 2.75) is 20.8 Å². The van der Waals surface area contributed by atoms with Crippen LogP contribution in [0.2, 0.25) is 0 Å².